The van der Waals surface area contributed by atoms with Crippen molar-refractivity contribution in [3.8, 4) is 11.7 Å². The summed E-state index contributed by atoms with van der Waals surface area (Å²) in [6.45, 7) is 3.82. The number of hydrogen-bond donors (Lipinski definition) is 1. The summed E-state index contributed by atoms with van der Waals surface area (Å²) in [6, 6.07) is 3.48. The van der Waals surface area contributed by atoms with Crippen LogP contribution in [0.5, 0.6) is 0 Å². The van der Waals surface area contributed by atoms with E-state index in [9.17, 15) is 0 Å². The molecule has 1 unspecified atom stereocenters. The van der Waals surface area contributed by atoms with E-state index in [1.165, 1.54) is 0 Å². The molecule has 0 aliphatic rings. The van der Waals surface area contributed by atoms with Crippen molar-refractivity contribution in [1.82, 2.24) is 10.1 Å². The van der Waals surface area contributed by atoms with Gasteiger partial charge in [0.1, 0.15) is 5.76 Å². The molecule has 2 N–H and O–H groups in total. The molecule has 0 spiro atoms. The standard InChI is InChI=1S/C10H13N3O2/c1-3-7-4-5-8(14-7)10-12-9(6(2)11)13-15-10/h4-6H,3,11H2,1-2H3. The van der Waals surface area contributed by atoms with Crippen LogP contribution in [0.4, 0.5) is 0 Å². The Morgan fingerprint density at radius 1 is 1.47 bits per heavy atom. The minimum Gasteiger partial charge on any atom is -0.456 e. The number of hydrogen-bond acceptors (Lipinski definition) is 5. The highest BCUT2D eigenvalue weighted by Gasteiger charge is 2.14. The second kappa shape index (κ2) is 3.86. The quantitative estimate of drug-likeness (QED) is 0.831. The molecule has 0 saturated heterocycles. The first kappa shape index (κ1) is 9.92. The molecule has 2 heterocycles. The molecular formula is C10H13N3O2. The van der Waals surface area contributed by atoms with Gasteiger partial charge in [0, 0.05) is 6.42 Å². The normalized spacial score (nSPS) is 13.0. The molecule has 80 valence electrons. The second-order valence-corrected chi connectivity index (χ2v) is 3.37. The van der Waals surface area contributed by atoms with Gasteiger partial charge < -0.3 is 14.7 Å². The molecule has 2 aromatic heterocycles. The van der Waals surface area contributed by atoms with Crippen molar-refractivity contribution in [3.05, 3.63) is 23.7 Å². The average Bonchev–Trinajstić information content (AvgIpc) is 2.86. The number of aromatic nitrogens is 2. The van der Waals surface area contributed by atoms with Crippen molar-refractivity contribution in [3.63, 3.8) is 0 Å². The van der Waals surface area contributed by atoms with Crippen LogP contribution < -0.4 is 5.73 Å². The average molecular weight is 207 g/mol. The van der Waals surface area contributed by atoms with E-state index in [0.717, 1.165) is 12.2 Å². The molecule has 0 fully saturated rings. The van der Waals surface area contributed by atoms with Gasteiger partial charge in [-0.1, -0.05) is 12.1 Å². The maximum atomic E-state index is 5.62. The fraction of sp³-hybridized carbons (Fsp3) is 0.400. The predicted molar refractivity (Wildman–Crippen MR) is 54.0 cm³/mol. The van der Waals surface area contributed by atoms with E-state index >= 15 is 0 Å². The van der Waals surface area contributed by atoms with Crippen molar-refractivity contribution in [2.24, 2.45) is 5.73 Å². The molecule has 5 heteroatoms. The van der Waals surface area contributed by atoms with Crippen LogP contribution in [0.2, 0.25) is 0 Å². The van der Waals surface area contributed by atoms with Crippen LogP contribution in [0, 0.1) is 0 Å². The van der Waals surface area contributed by atoms with E-state index in [1.54, 1.807) is 6.92 Å². The summed E-state index contributed by atoms with van der Waals surface area (Å²) in [5, 5.41) is 3.76. The zero-order chi connectivity index (χ0) is 10.8. The van der Waals surface area contributed by atoms with Gasteiger partial charge in [-0.05, 0) is 19.1 Å². The highest BCUT2D eigenvalue weighted by Crippen LogP contribution is 2.21. The van der Waals surface area contributed by atoms with Gasteiger partial charge >= 0.3 is 0 Å². The van der Waals surface area contributed by atoms with E-state index in [1.807, 2.05) is 19.1 Å². The molecule has 0 saturated carbocycles. The summed E-state index contributed by atoms with van der Waals surface area (Å²) < 4.78 is 10.5. The van der Waals surface area contributed by atoms with Gasteiger partial charge in [-0.3, -0.25) is 0 Å². The van der Waals surface area contributed by atoms with E-state index in [2.05, 4.69) is 10.1 Å². The highest BCUT2D eigenvalue weighted by atomic mass is 16.5. The number of aryl methyl sites for hydroxylation is 1. The molecule has 0 bridgehead atoms. The Morgan fingerprint density at radius 3 is 2.80 bits per heavy atom. The molecule has 0 aromatic carbocycles. The molecule has 2 aromatic rings. The Labute approximate surface area is 87.3 Å². The summed E-state index contributed by atoms with van der Waals surface area (Å²) in [4.78, 5) is 4.13. The topological polar surface area (TPSA) is 78.1 Å². The van der Waals surface area contributed by atoms with Gasteiger partial charge in [-0.2, -0.15) is 4.98 Å². The summed E-state index contributed by atoms with van der Waals surface area (Å²) >= 11 is 0. The predicted octanol–water partition coefficient (Wildman–Crippen LogP) is 1.91. The van der Waals surface area contributed by atoms with E-state index in [-0.39, 0.29) is 6.04 Å². The van der Waals surface area contributed by atoms with E-state index in [4.69, 9.17) is 14.7 Å². The lowest BCUT2D eigenvalue weighted by atomic mass is 10.3. The number of nitrogens with two attached hydrogens (primary N) is 1. The number of rotatable bonds is 3. The fourth-order valence-corrected chi connectivity index (χ4v) is 1.20. The number of nitrogens with zero attached hydrogens (tertiary/aromatic N) is 2. The summed E-state index contributed by atoms with van der Waals surface area (Å²) in [5.41, 5.74) is 5.62. The smallest absolute Gasteiger partial charge is 0.293 e. The first-order chi connectivity index (χ1) is 7.20. The van der Waals surface area contributed by atoms with Crippen molar-refractivity contribution in [2.75, 3.05) is 0 Å². The maximum absolute atomic E-state index is 5.62. The highest BCUT2D eigenvalue weighted by molar-refractivity contribution is 5.44. The molecule has 0 aliphatic heterocycles. The molecule has 1 atom stereocenters. The van der Waals surface area contributed by atoms with Crippen molar-refractivity contribution >= 4 is 0 Å². The third kappa shape index (κ3) is 1.92. The Bertz CT molecular complexity index is 445. The molecule has 0 amide bonds. The SMILES string of the molecule is CCc1ccc(-c2nc(C(C)N)no2)o1. The van der Waals surface area contributed by atoms with Gasteiger partial charge in [-0.15, -0.1) is 0 Å². The van der Waals surface area contributed by atoms with Gasteiger partial charge in [0.05, 0.1) is 6.04 Å². The molecule has 5 nitrogen and oxygen atoms in total. The second-order valence-electron chi connectivity index (χ2n) is 3.37. The first-order valence-electron chi connectivity index (χ1n) is 4.89. The Balaban J connectivity index is 2.28. The Morgan fingerprint density at radius 2 is 2.27 bits per heavy atom. The van der Waals surface area contributed by atoms with Gasteiger partial charge in [-0.25, -0.2) is 0 Å². The van der Waals surface area contributed by atoms with Crippen LogP contribution in [-0.2, 0) is 6.42 Å². The van der Waals surface area contributed by atoms with Gasteiger partial charge in [0.2, 0.25) is 0 Å². The third-order valence-corrected chi connectivity index (χ3v) is 2.07. The van der Waals surface area contributed by atoms with E-state index in [0.29, 0.717) is 17.5 Å². The Hall–Kier alpha value is -1.62. The van der Waals surface area contributed by atoms with Gasteiger partial charge in [0.25, 0.3) is 5.89 Å². The van der Waals surface area contributed by atoms with Crippen LogP contribution in [0.1, 0.15) is 31.5 Å². The minimum absolute atomic E-state index is 0.233. The minimum atomic E-state index is -0.233. The zero-order valence-electron chi connectivity index (χ0n) is 8.73. The van der Waals surface area contributed by atoms with Gasteiger partial charge in [0.15, 0.2) is 11.6 Å². The van der Waals surface area contributed by atoms with Crippen molar-refractivity contribution < 1.29 is 8.94 Å². The van der Waals surface area contributed by atoms with Crippen molar-refractivity contribution in [2.45, 2.75) is 26.3 Å². The summed E-state index contributed by atoms with van der Waals surface area (Å²) in [7, 11) is 0. The summed E-state index contributed by atoms with van der Waals surface area (Å²) in [6.07, 6.45) is 0.842. The maximum Gasteiger partial charge on any atom is 0.293 e. The first-order valence-corrected chi connectivity index (χ1v) is 4.89. The lowest BCUT2D eigenvalue weighted by molar-refractivity contribution is 0.402. The van der Waals surface area contributed by atoms with Crippen LogP contribution in [0.3, 0.4) is 0 Å². The summed E-state index contributed by atoms with van der Waals surface area (Å²) in [5.74, 6) is 2.35. The zero-order valence-corrected chi connectivity index (χ0v) is 8.73. The van der Waals surface area contributed by atoms with Crippen LogP contribution in [-0.4, -0.2) is 10.1 Å². The third-order valence-electron chi connectivity index (χ3n) is 2.07. The largest absolute Gasteiger partial charge is 0.456 e. The van der Waals surface area contributed by atoms with E-state index < -0.39 is 0 Å². The van der Waals surface area contributed by atoms with Crippen LogP contribution >= 0.6 is 0 Å². The molecule has 15 heavy (non-hydrogen) atoms. The fourth-order valence-electron chi connectivity index (χ4n) is 1.20. The van der Waals surface area contributed by atoms with Crippen molar-refractivity contribution in [1.29, 1.82) is 0 Å². The monoisotopic (exact) mass is 207 g/mol. The molecule has 0 aliphatic carbocycles. The lowest BCUT2D eigenvalue weighted by Crippen LogP contribution is -2.06. The molecule has 2 rings (SSSR count). The van der Waals surface area contributed by atoms with Crippen LogP contribution in [0.25, 0.3) is 11.7 Å². The lowest BCUT2D eigenvalue weighted by Gasteiger charge is -1.92. The molecular weight excluding hydrogens is 194 g/mol. The number of furan rings is 1. The Kier molecular flexibility index (Phi) is 2.55. The van der Waals surface area contributed by atoms with Crippen LogP contribution in [0.15, 0.2) is 21.1 Å². The molecule has 0 radical (unpaired) electrons.